The molecule has 1 saturated heterocycles. The van der Waals surface area contributed by atoms with Crippen molar-refractivity contribution in [1.29, 1.82) is 0 Å². The second-order valence-electron chi connectivity index (χ2n) is 8.30. The molecule has 35 heavy (non-hydrogen) atoms. The number of fused-ring (bicyclic) bond motifs is 1. The Balaban J connectivity index is 0.00000289. The molecule has 0 aliphatic carbocycles. The molecule has 0 spiro atoms. The van der Waals surface area contributed by atoms with E-state index >= 15 is 0 Å². The maximum Gasteiger partial charge on any atom is 0.340 e. The minimum Gasteiger partial charge on any atom is -0.508 e. The second kappa shape index (κ2) is 9.79. The molecule has 0 bridgehead atoms. The van der Waals surface area contributed by atoms with Gasteiger partial charge in [-0.3, -0.25) is 5.10 Å². The number of ether oxygens (including phenoxy) is 1. The van der Waals surface area contributed by atoms with Crippen LogP contribution >= 0.6 is 12.4 Å². The lowest BCUT2D eigenvalue weighted by Gasteiger charge is -2.29. The smallest absolute Gasteiger partial charge is 0.340 e. The van der Waals surface area contributed by atoms with Gasteiger partial charge in [-0.15, -0.1) is 12.4 Å². The number of phenols is 1. The van der Waals surface area contributed by atoms with Crippen molar-refractivity contribution in [3.05, 3.63) is 53.8 Å². The molecular formula is C25H25ClFN5O3. The molecule has 0 radical (unpaired) electrons. The number of nitrogens with one attached hydrogen (secondary N) is 1. The summed E-state index contributed by atoms with van der Waals surface area (Å²) in [5.74, 6) is -1.42. The first-order valence-corrected chi connectivity index (χ1v) is 11.1. The Morgan fingerprint density at radius 3 is 2.51 bits per heavy atom. The number of aromatic nitrogens is 3. The summed E-state index contributed by atoms with van der Waals surface area (Å²) < 4.78 is 19.9. The highest BCUT2D eigenvalue weighted by Crippen LogP contribution is 2.40. The number of H-pyrrole nitrogens is 1. The zero-order valence-corrected chi connectivity index (χ0v) is 19.9. The van der Waals surface area contributed by atoms with E-state index < -0.39 is 11.8 Å². The average Bonchev–Trinajstić information content (AvgIpc) is 3.23. The van der Waals surface area contributed by atoms with E-state index in [2.05, 4.69) is 20.1 Å². The molecule has 0 amide bonds. The molecule has 0 saturated carbocycles. The van der Waals surface area contributed by atoms with Crippen molar-refractivity contribution in [2.75, 3.05) is 30.8 Å². The summed E-state index contributed by atoms with van der Waals surface area (Å²) in [5, 5.41) is 17.0. The number of nitrogens with zero attached hydrogens (tertiary/aromatic N) is 3. The van der Waals surface area contributed by atoms with E-state index in [0.29, 0.717) is 16.5 Å². The molecule has 182 valence electrons. The zero-order valence-electron chi connectivity index (χ0n) is 19.0. The first-order valence-electron chi connectivity index (χ1n) is 11.1. The molecule has 4 aromatic rings. The summed E-state index contributed by atoms with van der Waals surface area (Å²) in [5.41, 5.74) is 8.83. The number of aromatic hydroxyl groups is 1. The van der Waals surface area contributed by atoms with Gasteiger partial charge in [-0.1, -0.05) is 12.1 Å². The lowest BCUT2D eigenvalue weighted by molar-refractivity contribution is 0.0602. The van der Waals surface area contributed by atoms with Crippen LogP contribution in [0.3, 0.4) is 0 Å². The number of piperidine rings is 1. The Morgan fingerprint density at radius 2 is 1.86 bits per heavy atom. The van der Waals surface area contributed by atoms with Gasteiger partial charge in [-0.05, 0) is 49.1 Å². The van der Waals surface area contributed by atoms with E-state index in [1.807, 2.05) is 24.3 Å². The van der Waals surface area contributed by atoms with Gasteiger partial charge >= 0.3 is 5.97 Å². The van der Waals surface area contributed by atoms with Crippen LogP contribution in [0.1, 0.15) is 29.6 Å². The molecule has 2 aromatic carbocycles. The van der Waals surface area contributed by atoms with Crippen molar-refractivity contribution >= 4 is 40.9 Å². The van der Waals surface area contributed by atoms with Crippen LogP contribution in [0.5, 0.6) is 5.75 Å². The van der Waals surface area contributed by atoms with E-state index in [1.165, 1.54) is 25.7 Å². The van der Waals surface area contributed by atoms with Crippen molar-refractivity contribution in [2.45, 2.75) is 19.3 Å². The standard InChI is InChI=1S/C25H24FN5O3.ClH/c1-34-25(33)20-19(14-5-7-15(8-6-14)31-11-3-2-4-12-31)21-23(27)29-30-24(21)28-22(20)17-10-9-16(32)13-18(17)26;/h5-10,13,32H,2-4,11-12H2,1H3,(H3,27,28,29,30);1H. The number of rotatable bonds is 4. The number of aromatic amines is 1. The Bertz CT molecular complexity index is 1380. The van der Waals surface area contributed by atoms with E-state index in [-0.39, 0.29) is 46.4 Å². The summed E-state index contributed by atoms with van der Waals surface area (Å²) in [4.78, 5) is 19.8. The highest BCUT2D eigenvalue weighted by Gasteiger charge is 2.28. The SMILES string of the molecule is COC(=O)c1c(-c2ccc(O)cc2F)nc2n[nH]c(N)c2c1-c1ccc(N2CCCCC2)cc1.Cl. The first kappa shape index (κ1) is 24.3. The van der Waals surface area contributed by atoms with Crippen LogP contribution in [0.2, 0.25) is 0 Å². The maximum atomic E-state index is 14.9. The number of benzene rings is 2. The normalized spacial score (nSPS) is 13.5. The highest BCUT2D eigenvalue weighted by molar-refractivity contribution is 6.13. The molecule has 1 fully saturated rings. The Kier molecular flexibility index (Phi) is 6.79. The largest absolute Gasteiger partial charge is 0.508 e. The van der Waals surface area contributed by atoms with Gasteiger partial charge in [0.05, 0.1) is 23.8 Å². The summed E-state index contributed by atoms with van der Waals surface area (Å²) in [6.07, 6.45) is 3.56. The minimum absolute atomic E-state index is 0. The molecule has 5 rings (SSSR count). The molecule has 10 heteroatoms. The van der Waals surface area contributed by atoms with E-state index in [9.17, 15) is 14.3 Å². The fourth-order valence-corrected chi connectivity index (χ4v) is 4.55. The van der Waals surface area contributed by atoms with Crippen LogP contribution < -0.4 is 10.6 Å². The quantitative estimate of drug-likeness (QED) is 0.342. The lowest BCUT2D eigenvalue weighted by atomic mass is 9.92. The fourth-order valence-electron chi connectivity index (χ4n) is 4.55. The van der Waals surface area contributed by atoms with Crippen molar-refractivity contribution < 1.29 is 19.0 Å². The van der Waals surface area contributed by atoms with E-state index in [1.54, 1.807) is 0 Å². The van der Waals surface area contributed by atoms with Gasteiger partial charge < -0.3 is 20.5 Å². The van der Waals surface area contributed by atoms with Gasteiger partial charge in [-0.25, -0.2) is 14.2 Å². The number of esters is 1. The summed E-state index contributed by atoms with van der Waals surface area (Å²) in [6, 6.07) is 11.5. The van der Waals surface area contributed by atoms with Gasteiger partial charge in [0.25, 0.3) is 0 Å². The Hall–Kier alpha value is -3.85. The van der Waals surface area contributed by atoms with Gasteiger partial charge in [0.2, 0.25) is 0 Å². The molecule has 8 nitrogen and oxygen atoms in total. The van der Waals surface area contributed by atoms with Crippen LogP contribution in [-0.4, -0.2) is 46.5 Å². The average molecular weight is 498 g/mol. The number of carbonyl (C=O) groups is 1. The number of nitrogens with two attached hydrogens (primary N) is 1. The molecule has 2 aromatic heterocycles. The monoisotopic (exact) mass is 497 g/mol. The molecule has 1 aliphatic heterocycles. The van der Waals surface area contributed by atoms with Crippen LogP contribution in [0.15, 0.2) is 42.5 Å². The fraction of sp³-hybridized carbons (Fsp3) is 0.240. The molecule has 0 atom stereocenters. The minimum atomic E-state index is -0.730. The van der Waals surface area contributed by atoms with E-state index in [0.717, 1.165) is 37.7 Å². The summed E-state index contributed by atoms with van der Waals surface area (Å²) in [7, 11) is 1.26. The number of pyridine rings is 1. The Morgan fingerprint density at radius 1 is 1.14 bits per heavy atom. The van der Waals surface area contributed by atoms with Gasteiger partial charge in [0.1, 0.15) is 17.4 Å². The summed E-state index contributed by atoms with van der Waals surface area (Å²) >= 11 is 0. The van der Waals surface area contributed by atoms with Crippen LogP contribution in [0.25, 0.3) is 33.4 Å². The Labute approximate surface area is 207 Å². The lowest BCUT2D eigenvalue weighted by Crippen LogP contribution is -2.29. The van der Waals surface area contributed by atoms with Crippen LogP contribution in [0.4, 0.5) is 15.9 Å². The number of hydrogen-bond acceptors (Lipinski definition) is 7. The highest BCUT2D eigenvalue weighted by atomic mass is 35.5. The maximum absolute atomic E-state index is 14.9. The van der Waals surface area contributed by atoms with Crippen molar-refractivity contribution in [3.8, 4) is 28.1 Å². The topological polar surface area (TPSA) is 117 Å². The third kappa shape index (κ3) is 4.35. The third-order valence-electron chi connectivity index (χ3n) is 6.20. The van der Waals surface area contributed by atoms with Gasteiger partial charge in [-0.2, -0.15) is 5.10 Å². The first-order chi connectivity index (χ1) is 16.5. The molecular weight excluding hydrogens is 473 g/mol. The molecule has 4 N–H and O–H groups in total. The van der Waals surface area contributed by atoms with Crippen molar-refractivity contribution in [3.63, 3.8) is 0 Å². The predicted octanol–water partition coefficient (Wildman–Crippen LogP) is 4.92. The molecule has 0 unspecified atom stereocenters. The predicted molar refractivity (Wildman–Crippen MR) is 135 cm³/mol. The number of hydrogen-bond donors (Lipinski definition) is 3. The number of anilines is 2. The number of methoxy groups -OCH3 is 1. The third-order valence-corrected chi connectivity index (χ3v) is 6.20. The van der Waals surface area contributed by atoms with Crippen molar-refractivity contribution in [2.24, 2.45) is 0 Å². The summed E-state index contributed by atoms with van der Waals surface area (Å²) in [6.45, 7) is 2.01. The molecule has 3 heterocycles. The van der Waals surface area contributed by atoms with Crippen LogP contribution in [0, 0.1) is 5.82 Å². The molecule has 1 aliphatic rings. The number of halogens is 2. The van der Waals surface area contributed by atoms with Crippen LogP contribution in [-0.2, 0) is 4.74 Å². The second-order valence-corrected chi connectivity index (χ2v) is 8.30. The number of carbonyl (C=O) groups excluding carboxylic acids is 1. The van der Waals surface area contributed by atoms with Crippen molar-refractivity contribution in [1.82, 2.24) is 15.2 Å². The van der Waals surface area contributed by atoms with Gasteiger partial charge in [0, 0.05) is 36.0 Å². The van der Waals surface area contributed by atoms with Gasteiger partial charge in [0.15, 0.2) is 5.65 Å². The zero-order chi connectivity index (χ0) is 23.8. The number of nitrogen functional groups attached to an aromatic ring is 1. The number of phenolic OH excluding ortho intramolecular Hbond substituents is 1. The van der Waals surface area contributed by atoms with E-state index in [4.69, 9.17) is 10.5 Å².